The molecular weight excluding hydrogens is 268 g/mol. The quantitative estimate of drug-likeness (QED) is 0.467. The van der Waals surface area contributed by atoms with Gasteiger partial charge in [0, 0.05) is 6.07 Å². The lowest BCUT2D eigenvalue weighted by atomic mass is 10.0. The summed E-state index contributed by atoms with van der Waals surface area (Å²) >= 11 is 0. The van der Waals surface area contributed by atoms with E-state index in [1.165, 1.54) is 76.5 Å². The van der Waals surface area contributed by atoms with Gasteiger partial charge in [-0.2, -0.15) is 0 Å². The molecule has 0 aromatic carbocycles. The van der Waals surface area contributed by atoms with E-state index < -0.39 is 4.92 Å². The Balaban J connectivity index is 0.000000173. The largest absolute Gasteiger partial charge is 0.370 e. The highest BCUT2D eigenvalue weighted by atomic mass is 16.6. The van der Waals surface area contributed by atoms with Gasteiger partial charge in [-0.3, -0.25) is 0 Å². The number of hydrogen-bond acceptors (Lipinski definition) is 3. The molecule has 2 unspecified atom stereocenters. The van der Waals surface area contributed by atoms with Crippen molar-refractivity contribution in [1.29, 1.82) is 0 Å². The Morgan fingerprint density at radius 1 is 1.00 bits per heavy atom. The van der Waals surface area contributed by atoms with Gasteiger partial charge in [-0.25, -0.2) is 4.98 Å². The maximum atomic E-state index is 9.84. The van der Waals surface area contributed by atoms with Crippen molar-refractivity contribution in [2.45, 2.75) is 76.4 Å². The minimum absolute atomic E-state index is 0.0324. The van der Waals surface area contributed by atoms with Crippen molar-refractivity contribution >= 4 is 5.82 Å². The molecule has 0 bridgehead atoms. The van der Waals surface area contributed by atoms with E-state index >= 15 is 0 Å². The van der Waals surface area contributed by atoms with Crippen molar-refractivity contribution in [2.24, 2.45) is 0 Å². The van der Waals surface area contributed by atoms with Crippen LogP contribution in [-0.2, 0) is 4.74 Å². The summed E-state index contributed by atoms with van der Waals surface area (Å²) in [6.07, 6.45) is 17.0. The van der Waals surface area contributed by atoms with Crippen molar-refractivity contribution in [3.8, 4) is 0 Å². The number of hydrogen-bond donors (Lipinski definition) is 1. The van der Waals surface area contributed by atoms with E-state index in [4.69, 9.17) is 4.74 Å². The lowest BCUT2D eigenvalue weighted by Crippen LogP contribution is -1.95. The highest BCUT2D eigenvalue weighted by molar-refractivity contribution is 5.17. The fraction of sp³-hybridized carbons (Fsp3) is 0.750. The highest BCUT2D eigenvalue weighted by Gasteiger charge is 2.36. The number of nitrogens with one attached hydrogen (secondary N) is 1. The van der Waals surface area contributed by atoms with Crippen LogP contribution in [0.2, 0.25) is 0 Å². The molecule has 118 valence electrons. The molecule has 2 heterocycles. The molecule has 1 aliphatic carbocycles. The minimum atomic E-state index is -0.472. The molecule has 1 saturated heterocycles. The Bertz CT molecular complexity index is 390. The predicted octanol–water partition coefficient (Wildman–Crippen LogP) is 4.59. The Labute approximate surface area is 126 Å². The summed E-state index contributed by atoms with van der Waals surface area (Å²) < 4.78 is 5.63. The summed E-state index contributed by atoms with van der Waals surface area (Å²) in [5.74, 6) is 0.0324. The molecular formula is C16H26N2O3. The van der Waals surface area contributed by atoms with Gasteiger partial charge in [-0.15, -0.1) is 0 Å². The van der Waals surface area contributed by atoms with Gasteiger partial charge in [-0.05, 0) is 23.8 Å². The van der Waals surface area contributed by atoms with Crippen LogP contribution in [0.3, 0.4) is 0 Å². The lowest BCUT2D eigenvalue weighted by molar-refractivity contribution is -0.389. The first-order valence-electron chi connectivity index (χ1n) is 8.20. The van der Waals surface area contributed by atoms with Crippen LogP contribution in [0.4, 0.5) is 5.82 Å². The Kier molecular flexibility index (Phi) is 6.73. The molecule has 1 N–H and O–H groups in total. The number of nitro groups is 1. The summed E-state index contributed by atoms with van der Waals surface area (Å²) in [7, 11) is 0. The number of fused-ring (bicyclic) bond motifs is 1. The van der Waals surface area contributed by atoms with Crippen molar-refractivity contribution in [3.63, 3.8) is 0 Å². The van der Waals surface area contributed by atoms with Crippen LogP contribution in [0.1, 0.15) is 64.2 Å². The third kappa shape index (κ3) is 6.29. The van der Waals surface area contributed by atoms with Crippen LogP contribution in [0.15, 0.2) is 18.3 Å². The van der Waals surface area contributed by atoms with Gasteiger partial charge in [0.2, 0.25) is 0 Å². The Morgan fingerprint density at radius 2 is 1.52 bits per heavy atom. The molecule has 0 spiro atoms. The normalized spacial score (nSPS) is 26.3. The maximum absolute atomic E-state index is 9.84. The van der Waals surface area contributed by atoms with Crippen LogP contribution < -0.4 is 0 Å². The second kappa shape index (κ2) is 8.82. The van der Waals surface area contributed by atoms with Crippen LogP contribution in [-0.4, -0.2) is 22.1 Å². The van der Waals surface area contributed by atoms with E-state index in [0.29, 0.717) is 12.2 Å². The SMILES string of the molecule is C1CCCCCC2OC2CCCC1.O=[N+]([O-])c1ccc[nH]1. The fourth-order valence-electron chi connectivity index (χ4n) is 2.87. The van der Waals surface area contributed by atoms with Gasteiger partial charge in [0.15, 0.2) is 0 Å². The summed E-state index contributed by atoms with van der Waals surface area (Å²) in [5, 5.41) is 9.84. The van der Waals surface area contributed by atoms with Gasteiger partial charge < -0.3 is 14.9 Å². The van der Waals surface area contributed by atoms with Crippen molar-refractivity contribution in [1.82, 2.24) is 4.98 Å². The number of epoxide rings is 1. The van der Waals surface area contributed by atoms with Gasteiger partial charge >= 0.3 is 5.82 Å². The van der Waals surface area contributed by atoms with Crippen LogP contribution in [0, 0.1) is 10.1 Å². The average Bonchev–Trinajstić information content (AvgIpc) is 2.99. The third-order valence-corrected chi connectivity index (χ3v) is 4.19. The summed E-state index contributed by atoms with van der Waals surface area (Å²) in [6.45, 7) is 0. The van der Waals surface area contributed by atoms with E-state index in [9.17, 15) is 10.1 Å². The molecule has 0 radical (unpaired) electrons. The van der Waals surface area contributed by atoms with Crippen LogP contribution in [0.25, 0.3) is 0 Å². The number of aromatic amines is 1. The molecule has 1 saturated carbocycles. The van der Waals surface area contributed by atoms with Crippen molar-refractivity contribution < 1.29 is 9.66 Å². The molecule has 2 atom stereocenters. The molecule has 1 aromatic heterocycles. The summed E-state index contributed by atoms with van der Waals surface area (Å²) in [6, 6.07) is 2.98. The van der Waals surface area contributed by atoms with Crippen molar-refractivity contribution in [3.05, 3.63) is 28.4 Å². The number of nitrogens with zero attached hydrogens (tertiary/aromatic N) is 1. The molecule has 5 nitrogen and oxygen atoms in total. The standard InChI is InChI=1S/C12H22O.C4H4N2O2/c1-2-4-6-8-10-12-11(13-12)9-7-5-3-1;7-6(8)4-2-1-3-5-4/h11-12H,1-10H2;1-3,5H. The molecule has 3 rings (SSSR count). The monoisotopic (exact) mass is 294 g/mol. The van der Waals surface area contributed by atoms with Crippen LogP contribution in [0.5, 0.6) is 0 Å². The molecule has 5 heteroatoms. The molecule has 0 amide bonds. The van der Waals surface area contributed by atoms with E-state index in [1.54, 1.807) is 6.07 Å². The van der Waals surface area contributed by atoms with Gasteiger partial charge in [-0.1, -0.05) is 51.4 Å². The predicted molar refractivity (Wildman–Crippen MR) is 82.3 cm³/mol. The first-order chi connectivity index (χ1) is 10.3. The first-order valence-corrected chi connectivity index (χ1v) is 8.20. The van der Waals surface area contributed by atoms with E-state index in [-0.39, 0.29) is 5.82 Å². The Morgan fingerprint density at radius 3 is 1.90 bits per heavy atom. The molecule has 1 aromatic rings. The maximum Gasteiger partial charge on any atom is 0.320 e. The second-order valence-corrected chi connectivity index (χ2v) is 5.93. The van der Waals surface area contributed by atoms with Gasteiger partial charge in [0.05, 0.1) is 18.4 Å². The molecule has 21 heavy (non-hydrogen) atoms. The number of rotatable bonds is 1. The zero-order valence-electron chi connectivity index (χ0n) is 12.6. The smallest absolute Gasteiger partial charge is 0.320 e. The second-order valence-electron chi connectivity index (χ2n) is 5.93. The zero-order chi connectivity index (χ0) is 14.9. The number of aromatic nitrogens is 1. The fourth-order valence-corrected chi connectivity index (χ4v) is 2.87. The Hall–Kier alpha value is -1.36. The van der Waals surface area contributed by atoms with E-state index in [2.05, 4.69) is 4.98 Å². The van der Waals surface area contributed by atoms with Gasteiger partial charge in [0.25, 0.3) is 0 Å². The lowest BCUT2D eigenvalue weighted by Gasteiger charge is -2.03. The molecule has 2 fully saturated rings. The molecule has 1 aliphatic heterocycles. The van der Waals surface area contributed by atoms with Gasteiger partial charge in [0.1, 0.15) is 0 Å². The van der Waals surface area contributed by atoms with E-state index in [1.807, 2.05) is 0 Å². The first kappa shape index (κ1) is 16.0. The summed E-state index contributed by atoms with van der Waals surface area (Å²) in [4.78, 5) is 11.8. The number of ether oxygens (including phenoxy) is 1. The average molecular weight is 294 g/mol. The highest BCUT2D eigenvalue weighted by Crippen LogP contribution is 2.32. The van der Waals surface area contributed by atoms with E-state index in [0.717, 1.165) is 0 Å². The van der Waals surface area contributed by atoms with Crippen molar-refractivity contribution in [2.75, 3.05) is 0 Å². The third-order valence-electron chi connectivity index (χ3n) is 4.19. The number of H-pyrrole nitrogens is 1. The minimum Gasteiger partial charge on any atom is -0.370 e. The van der Waals surface area contributed by atoms with Crippen LogP contribution >= 0.6 is 0 Å². The zero-order valence-corrected chi connectivity index (χ0v) is 12.6. The molecule has 2 aliphatic rings. The topological polar surface area (TPSA) is 71.5 Å². The summed E-state index contributed by atoms with van der Waals surface area (Å²) in [5.41, 5.74) is 0.